The number of carbonyl (C=O) groups is 1. The van der Waals surface area contributed by atoms with Crippen molar-refractivity contribution in [2.75, 3.05) is 25.6 Å². The van der Waals surface area contributed by atoms with Crippen molar-refractivity contribution in [3.8, 4) is 0 Å². The lowest BCUT2D eigenvalue weighted by Crippen LogP contribution is -2.39. The van der Waals surface area contributed by atoms with E-state index in [2.05, 4.69) is 10.6 Å². The van der Waals surface area contributed by atoms with E-state index in [0.29, 0.717) is 13.2 Å². The highest BCUT2D eigenvalue weighted by atomic mass is 19.2. The smallest absolute Gasteiger partial charge is 0.242 e. The van der Waals surface area contributed by atoms with Gasteiger partial charge in [0.25, 0.3) is 0 Å². The zero-order chi connectivity index (χ0) is 14.4. The van der Waals surface area contributed by atoms with Crippen molar-refractivity contribution in [3.05, 3.63) is 29.6 Å². The van der Waals surface area contributed by atoms with Gasteiger partial charge in [-0.25, -0.2) is 13.2 Å². The number of carbonyl (C=O) groups excluding carboxylic acids is 1. The topological polar surface area (TPSA) is 50.4 Å². The van der Waals surface area contributed by atoms with Crippen molar-refractivity contribution < 1.29 is 22.7 Å². The number of amides is 1. The molecule has 0 aliphatic rings. The molecule has 106 valence electrons. The summed E-state index contributed by atoms with van der Waals surface area (Å²) in [5, 5.41) is 5.13. The third kappa shape index (κ3) is 4.44. The second kappa shape index (κ2) is 6.98. The van der Waals surface area contributed by atoms with E-state index in [1.807, 2.05) is 0 Å². The van der Waals surface area contributed by atoms with Gasteiger partial charge in [0, 0.05) is 31.5 Å². The third-order valence-electron chi connectivity index (χ3n) is 2.37. The summed E-state index contributed by atoms with van der Waals surface area (Å²) in [5.74, 6) is -4.52. The Hall–Kier alpha value is -1.76. The van der Waals surface area contributed by atoms with Crippen LogP contribution in [0.2, 0.25) is 0 Å². The Morgan fingerprint density at radius 3 is 2.42 bits per heavy atom. The first-order chi connectivity index (χ1) is 8.95. The van der Waals surface area contributed by atoms with E-state index in [0.717, 1.165) is 12.1 Å². The molecule has 7 heteroatoms. The van der Waals surface area contributed by atoms with Crippen LogP contribution >= 0.6 is 0 Å². The maximum atomic E-state index is 13.0. The Bertz CT molecular complexity index is 432. The number of anilines is 1. The molecule has 4 nitrogen and oxygen atoms in total. The summed E-state index contributed by atoms with van der Waals surface area (Å²) in [5.41, 5.74) is -0.00853. The lowest BCUT2D eigenvalue weighted by molar-refractivity contribution is -0.121. The molecule has 0 aliphatic carbocycles. The highest BCUT2D eigenvalue weighted by molar-refractivity contribution is 5.84. The number of methoxy groups -OCH3 is 1. The second-order valence-corrected chi connectivity index (χ2v) is 3.90. The van der Waals surface area contributed by atoms with E-state index < -0.39 is 23.5 Å². The standard InChI is InChI=1S/C12H15F3N2O2/c1-7(12(18)16-3-4-19-2)17-8-5-9(13)11(15)10(14)6-8/h5-7,17H,3-4H2,1-2H3,(H,16,18). The van der Waals surface area contributed by atoms with Crippen LogP contribution in [0, 0.1) is 17.5 Å². The number of ether oxygens (including phenoxy) is 1. The third-order valence-corrected chi connectivity index (χ3v) is 2.37. The largest absolute Gasteiger partial charge is 0.383 e. The number of benzene rings is 1. The molecule has 0 aromatic heterocycles. The van der Waals surface area contributed by atoms with Gasteiger partial charge in [-0.2, -0.15) is 0 Å². The SMILES string of the molecule is COCCNC(=O)C(C)Nc1cc(F)c(F)c(F)c1. The molecule has 0 bridgehead atoms. The number of halogens is 3. The monoisotopic (exact) mass is 276 g/mol. The van der Waals surface area contributed by atoms with Crippen molar-refractivity contribution in [2.45, 2.75) is 13.0 Å². The summed E-state index contributed by atoms with van der Waals surface area (Å²) in [7, 11) is 1.50. The molecule has 0 aliphatic heterocycles. The van der Waals surface area contributed by atoms with Crippen LogP contribution in [0.1, 0.15) is 6.92 Å². The maximum Gasteiger partial charge on any atom is 0.242 e. The van der Waals surface area contributed by atoms with Crippen molar-refractivity contribution in [1.29, 1.82) is 0 Å². The van der Waals surface area contributed by atoms with Crippen molar-refractivity contribution in [2.24, 2.45) is 0 Å². The molecule has 1 amide bonds. The van der Waals surface area contributed by atoms with Gasteiger partial charge in [0.1, 0.15) is 6.04 Å². The number of nitrogens with one attached hydrogen (secondary N) is 2. The van der Waals surface area contributed by atoms with E-state index in [4.69, 9.17) is 4.74 Å². The molecule has 2 N–H and O–H groups in total. The van der Waals surface area contributed by atoms with Gasteiger partial charge in [-0.05, 0) is 6.92 Å². The molecular formula is C12H15F3N2O2. The van der Waals surface area contributed by atoms with Crippen LogP contribution in [0.15, 0.2) is 12.1 Å². The fraction of sp³-hybridized carbons (Fsp3) is 0.417. The maximum absolute atomic E-state index is 13.0. The van der Waals surface area contributed by atoms with Crippen molar-refractivity contribution >= 4 is 11.6 Å². The van der Waals surface area contributed by atoms with Crippen LogP contribution in [-0.4, -0.2) is 32.2 Å². The molecule has 0 heterocycles. The van der Waals surface area contributed by atoms with Crippen LogP contribution < -0.4 is 10.6 Å². The number of rotatable bonds is 6. The van der Waals surface area contributed by atoms with Gasteiger partial charge in [0.2, 0.25) is 5.91 Å². The van der Waals surface area contributed by atoms with E-state index in [9.17, 15) is 18.0 Å². The minimum absolute atomic E-state index is 0.00853. The first kappa shape index (κ1) is 15.3. The molecule has 1 atom stereocenters. The fourth-order valence-corrected chi connectivity index (χ4v) is 1.38. The summed E-state index contributed by atoms with van der Waals surface area (Å²) >= 11 is 0. The Morgan fingerprint density at radius 2 is 1.89 bits per heavy atom. The predicted molar refractivity (Wildman–Crippen MR) is 64.3 cm³/mol. The summed E-state index contributed by atoms with van der Waals surface area (Å²) in [6.45, 7) is 2.20. The summed E-state index contributed by atoms with van der Waals surface area (Å²) in [4.78, 5) is 11.6. The molecule has 0 fully saturated rings. The molecule has 0 radical (unpaired) electrons. The average Bonchev–Trinajstić information content (AvgIpc) is 2.36. The minimum atomic E-state index is -1.54. The number of hydrogen-bond acceptors (Lipinski definition) is 3. The van der Waals surface area contributed by atoms with Gasteiger partial charge in [0.15, 0.2) is 17.5 Å². The van der Waals surface area contributed by atoms with Crippen molar-refractivity contribution in [1.82, 2.24) is 5.32 Å². The first-order valence-corrected chi connectivity index (χ1v) is 5.63. The fourth-order valence-electron chi connectivity index (χ4n) is 1.38. The summed E-state index contributed by atoms with van der Waals surface area (Å²) < 4.78 is 43.4. The van der Waals surface area contributed by atoms with Gasteiger partial charge < -0.3 is 15.4 Å². The van der Waals surface area contributed by atoms with Crippen LogP contribution in [-0.2, 0) is 9.53 Å². The predicted octanol–water partition coefficient (Wildman–Crippen LogP) is 1.67. The molecule has 0 saturated heterocycles. The van der Waals surface area contributed by atoms with Crippen LogP contribution in [0.5, 0.6) is 0 Å². The molecule has 0 spiro atoms. The average molecular weight is 276 g/mol. The van der Waals surface area contributed by atoms with Crippen LogP contribution in [0.25, 0.3) is 0 Å². The quantitative estimate of drug-likeness (QED) is 0.614. The van der Waals surface area contributed by atoms with Gasteiger partial charge >= 0.3 is 0 Å². The zero-order valence-corrected chi connectivity index (χ0v) is 10.6. The minimum Gasteiger partial charge on any atom is -0.383 e. The first-order valence-electron chi connectivity index (χ1n) is 5.63. The highest BCUT2D eigenvalue weighted by Gasteiger charge is 2.15. The molecule has 19 heavy (non-hydrogen) atoms. The van der Waals surface area contributed by atoms with Crippen molar-refractivity contribution in [3.63, 3.8) is 0 Å². The van der Waals surface area contributed by atoms with Gasteiger partial charge in [-0.3, -0.25) is 4.79 Å². The van der Waals surface area contributed by atoms with E-state index in [-0.39, 0.29) is 11.6 Å². The number of hydrogen-bond donors (Lipinski definition) is 2. The zero-order valence-electron chi connectivity index (χ0n) is 10.6. The lowest BCUT2D eigenvalue weighted by atomic mass is 10.2. The van der Waals surface area contributed by atoms with E-state index in [1.165, 1.54) is 14.0 Å². The summed E-state index contributed by atoms with van der Waals surface area (Å²) in [6.07, 6.45) is 0. The Kier molecular flexibility index (Phi) is 5.62. The Labute approximate surface area is 108 Å². The van der Waals surface area contributed by atoms with Gasteiger partial charge in [-0.15, -0.1) is 0 Å². The lowest BCUT2D eigenvalue weighted by Gasteiger charge is -2.15. The van der Waals surface area contributed by atoms with Crippen LogP contribution in [0.4, 0.5) is 18.9 Å². The summed E-state index contributed by atoms with van der Waals surface area (Å²) in [6, 6.07) is 0.857. The molecule has 1 unspecified atom stereocenters. The molecule has 1 aromatic rings. The molecule has 0 saturated carbocycles. The highest BCUT2D eigenvalue weighted by Crippen LogP contribution is 2.17. The van der Waals surface area contributed by atoms with E-state index >= 15 is 0 Å². The molecule has 1 rings (SSSR count). The van der Waals surface area contributed by atoms with Crippen LogP contribution in [0.3, 0.4) is 0 Å². The van der Waals surface area contributed by atoms with Gasteiger partial charge in [0.05, 0.1) is 6.61 Å². The normalized spacial score (nSPS) is 12.1. The molecule has 1 aromatic carbocycles. The van der Waals surface area contributed by atoms with E-state index in [1.54, 1.807) is 0 Å². The Morgan fingerprint density at radius 1 is 1.32 bits per heavy atom. The molecular weight excluding hydrogens is 261 g/mol. The van der Waals surface area contributed by atoms with Gasteiger partial charge in [-0.1, -0.05) is 0 Å². The second-order valence-electron chi connectivity index (χ2n) is 3.90. The Balaban J connectivity index is 2.61.